The van der Waals surface area contributed by atoms with E-state index in [-0.39, 0.29) is 23.7 Å². The van der Waals surface area contributed by atoms with E-state index in [9.17, 15) is 9.90 Å². The number of allylic oxidation sites excluding steroid dienone is 1. The van der Waals surface area contributed by atoms with Crippen LogP contribution in [0.25, 0.3) is 0 Å². The summed E-state index contributed by atoms with van der Waals surface area (Å²) >= 11 is 0. The molecule has 3 atom stereocenters. The van der Waals surface area contributed by atoms with Gasteiger partial charge in [-0.25, -0.2) is 0 Å². The first-order valence-corrected chi connectivity index (χ1v) is 7.84. The Labute approximate surface area is 125 Å². The van der Waals surface area contributed by atoms with Crippen molar-refractivity contribution in [1.82, 2.24) is 4.90 Å². The van der Waals surface area contributed by atoms with E-state index in [2.05, 4.69) is 13.0 Å². The Bertz CT molecular complexity index is 310. The van der Waals surface area contributed by atoms with Crippen LogP contribution in [0, 0.1) is 11.8 Å². The van der Waals surface area contributed by atoms with Gasteiger partial charge in [0.05, 0.1) is 12.1 Å². The van der Waals surface area contributed by atoms with Gasteiger partial charge in [-0.3, -0.25) is 9.69 Å². The van der Waals surface area contributed by atoms with Crippen molar-refractivity contribution in [3.8, 4) is 0 Å². The lowest BCUT2D eigenvalue weighted by Gasteiger charge is -2.36. The topological polar surface area (TPSA) is 40.5 Å². The molecule has 0 heterocycles. The van der Waals surface area contributed by atoms with Gasteiger partial charge >= 0.3 is 0 Å². The highest BCUT2D eigenvalue weighted by Gasteiger charge is 2.35. The summed E-state index contributed by atoms with van der Waals surface area (Å²) in [5.41, 5.74) is 0. The summed E-state index contributed by atoms with van der Waals surface area (Å²) in [4.78, 5) is 14.4. The molecule has 0 unspecified atom stereocenters. The number of aliphatic hydroxyl groups is 1. The highest BCUT2D eigenvalue weighted by molar-refractivity contribution is 5.86. The number of hydrogen-bond donors (Lipinski definition) is 1. The number of Topliss-reactive ketones (excluding diaryl/α,β-unsaturated/α-hetero) is 1. The smallest absolute Gasteiger partial charge is 0.155 e. The van der Waals surface area contributed by atoms with Crippen LogP contribution in [0.1, 0.15) is 54.4 Å². The molecule has 0 amide bonds. The minimum absolute atomic E-state index is 0.0181. The maximum Gasteiger partial charge on any atom is 0.155 e. The molecule has 0 aromatic heterocycles. The lowest BCUT2D eigenvalue weighted by Crippen LogP contribution is -2.53. The monoisotopic (exact) mass is 283 g/mol. The first-order valence-electron chi connectivity index (χ1n) is 7.84. The largest absolute Gasteiger partial charge is 0.390 e. The maximum atomic E-state index is 12.4. The molecule has 0 rings (SSSR count). The first-order chi connectivity index (χ1) is 9.23. The van der Waals surface area contributed by atoms with Gasteiger partial charge in [-0.2, -0.15) is 0 Å². The van der Waals surface area contributed by atoms with E-state index in [4.69, 9.17) is 0 Å². The number of likely N-dealkylation sites (N-methyl/N-ethyl adjacent to an activating group) is 1. The zero-order valence-electron chi connectivity index (χ0n) is 14.3. The molecular weight excluding hydrogens is 250 g/mol. The van der Waals surface area contributed by atoms with Gasteiger partial charge in [0, 0.05) is 17.9 Å². The third kappa shape index (κ3) is 5.76. The molecule has 0 radical (unpaired) electrons. The molecule has 0 fully saturated rings. The van der Waals surface area contributed by atoms with E-state index in [1.165, 1.54) is 0 Å². The highest BCUT2D eigenvalue weighted by atomic mass is 16.3. The molecule has 1 N–H and O–H groups in total. The van der Waals surface area contributed by atoms with Crippen LogP contribution in [0.5, 0.6) is 0 Å². The van der Waals surface area contributed by atoms with Crippen LogP contribution in [0.4, 0.5) is 0 Å². The fraction of sp³-hybridized carbons (Fsp3) is 0.824. The van der Waals surface area contributed by atoms with Crippen LogP contribution < -0.4 is 0 Å². The number of ketones is 1. The van der Waals surface area contributed by atoms with Gasteiger partial charge in [0.25, 0.3) is 0 Å². The minimum atomic E-state index is -0.662. The zero-order valence-corrected chi connectivity index (χ0v) is 14.3. The van der Waals surface area contributed by atoms with Crippen LogP contribution in [0.2, 0.25) is 0 Å². The van der Waals surface area contributed by atoms with Gasteiger partial charge in [0.1, 0.15) is 0 Å². The van der Waals surface area contributed by atoms with Crippen molar-refractivity contribution in [2.75, 3.05) is 7.05 Å². The molecule has 3 nitrogen and oxygen atoms in total. The summed E-state index contributed by atoms with van der Waals surface area (Å²) in [7, 11) is 1.92. The second kappa shape index (κ2) is 9.30. The molecule has 0 aliphatic heterocycles. The van der Waals surface area contributed by atoms with Gasteiger partial charge in [-0.1, -0.05) is 46.3 Å². The van der Waals surface area contributed by atoms with Crippen LogP contribution >= 0.6 is 0 Å². The molecule has 0 spiro atoms. The molecule has 3 heteroatoms. The van der Waals surface area contributed by atoms with Crippen molar-refractivity contribution in [3.05, 3.63) is 12.2 Å². The normalized spacial score (nSPS) is 17.1. The van der Waals surface area contributed by atoms with Crippen molar-refractivity contribution in [3.63, 3.8) is 0 Å². The van der Waals surface area contributed by atoms with Crippen molar-refractivity contribution in [2.24, 2.45) is 11.8 Å². The first kappa shape index (κ1) is 19.3. The van der Waals surface area contributed by atoms with E-state index < -0.39 is 12.1 Å². The quantitative estimate of drug-likeness (QED) is 0.660. The van der Waals surface area contributed by atoms with Gasteiger partial charge < -0.3 is 5.11 Å². The number of hydrogen-bond acceptors (Lipinski definition) is 3. The average Bonchev–Trinajstić information content (AvgIpc) is 2.38. The Morgan fingerprint density at radius 1 is 1.20 bits per heavy atom. The van der Waals surface area contributed by atoms with E-state index in [1.807, 2.05) is 52.6 Å². The van der Waals surface area contributed by atoms with Crippen LogP contribution in [0.3, 0.4) is 0 Å². The second-order valence-corrected chi connectivity index (χ2v) is 6.33. The number of carbonyl (C=O) groups is 1. The molecule has 118 valence electrons. The van der Waals surface area contributed by atoms with E-state index in [1.54, 1.807) is 0 Å². The predicted octanol–water partition coefficient (Wildman–Crippen LogP) is 3.27. The number of nitrogens with zero attached hydrogens (tertiary/aromatic N) is 1. The summed E-state index contributed by atoms with van der Waals surface area (Å²) in [5.74, 6) is 0.0302. The van der Waals surface area contributed by atoms with Crippen LogP contribution in [0.15, 0.2) is 12.2 Å². The molecule has 0 saturated heterocycles. The second-order valence-electron chi connectivity index (χ2n) is 6.33. The van der Waals surface area contributed by atoms with Gasteiger partial charge in [-0.05, 0) is 27.3 Å². The third-order valence-electron chi connectivity index (χ3n) is 3.87. The predicted molar refractivity (Wildman–Crippen MR) is 85.8 cm³/mol. The molecule has 0 aliphatic rings. The number of unbranched alkanes of at least 4 members (excludes halogenated alkanes) is 1. The average molecular weight is 283 g/mol. The van der Waals surface area contributed by atoms with Crippen LogP contribution in [-0.2, 0) is 4.79 Å². The number of carbonyl (C=O) groups excluding carboxylic acids is 1. The summed E-state index contributed by atoms with van der Waals surface area (Å²) in [6, 6.07) is -0.208. The summed E-state index contributed by atoms with van der Waals surface area (Å²) in [6.45, 7) is 12.0. The lowest BCUT2D eigenvalue weighted by molar-refractivity contribution is -0.132. The number of aliphatic hydroxyl groups excluding tert-OH is 1. The van der Waals surface area contributed by atoms with Crippen molar-refractivity contribution in [1.29, 1.82) is 0 Å². The van der Waals surface area contributed by atoms with Crippen molar-refractivity contribution < 1.29 is 9.90 Å². The third-order valence-corrected chi connectivity index (χ3v) is 3.87. The molecule has 0 aliphatic carbocycles. The summed E-state index contributed by atoms with van der Waals surface area (Å²) < 4.78 is 0. The molecule has 0 bridgehead atoms. The zero-order chi connectivity index (χ0) is 15.9. The standard InChI is InChI=1S/C17H33NO2/c1-8-9-10-11-14(6)17(20)15(16(19)12(2)3)18(7)13(4)5/h10-15,17,20H,8-9H2,1-7H3/t14-,15-,17-/m1/s1. The Morgan fingerprint density at radius 2 is 1.75 bits per heavy atom. The van der Waals surface area contributed by atoms with E-state index >= 15 is 0 Å². The SMILES string of the molecule is CCCC=C[C@@H](C)[C@@H](O)[C@@H](C(=O)C(C)C)N(C)C(C)C. The summed E-state index contributed by atoms with van der Waals surface area (Å²) in [6.07, 6.45) is 5.58. The van der Waals surface area contributed by atoms with Gasteiger partial charge in [0.15, 0.2) is 5.78 Å². The Kier molecular flexibility index (Phi) is 8.99. The fourth-order valence-corrected chi connectivity index (χ4v) is 2.15. The molecule has 0 aromatic rings. The Morgan fingerprint density at radius 3 is 2.15 bits per heavy atom. The Hall–Kier alpha value is -0.670. The van der Waals surface area contributed by atoms with E-state index in [0.717, 1.165) is 12.8 Å². The lowest BCUT2D eigenvalue weighted by atomic mass is 9.88. The van der Waals surface area contributed by atoms with E-state index in [0.29, 0.717) is 0 Å². The van der Waals surface area contributed by atoms with Crippen molar-refractivity contribution in [2.45, 2.75) is 72.6 Å². The highest BCUT2D eigenvalue weighted by Crippen LogP contribution is 2.19. The fourth-order valence-electron chi connectivity index (χ4n) is 2.15. The molecule has 0 aromatic carbocycles. The molecule has 0 saturated carbocycles. The number of rotatable bonds is 9. The van der Waals surface area contributed by atoms with Crippen LogP contribution in [-0.4, -0.2) is 41.0 Å². The maximum absolute atomic E-state index is 12.4. The van der Waals surface area contributed by atoms with Gasteiger partial charge in [0.2, 0.25) is 0 Å². The Balaban J connectivity index is 5.06. The van der Waals surface area contributed by atoms with Gasteiger partial charge in [-0.15, -0.1) is 0 Å². The molecule has 20 heavy (non-hydrogen) atoms. The summed E-state index contributed by atoms with van der Waals surface area (Å²) in [5, 5.41) is 10.6. The minimum Gasteiger partial charge on any atom is -0.390 e. The molecular formula is C17H33NO2. The van der Waals surface area contributed by atoms with Crippen molar-refractivity contribution >= 4 is 5.78 Å².